The SMILES string of the molecule is CCc1nc(-c2ccc[nH]2)cc(=O)[nH]1. The predicted molar refractivity (Wildman–Crippen MR) is 54.0 cm³/mol. The summed E-state index contributed by atoms with van der Waals surface area (Å²) in [4.78, 5) is 21.3. The molecule has 14 heavy (non-hydrogen) atoms. The Morgan fingerprint density at radius 3 is 3.00 bits per heavy atom. The van der Waals surface area contributed by atoms with Gasteiger partial charge in [0.05, 0.1) is 11.4 Å². The molecule has 0 spiro atoms. The van der Waals surface area contributed by atoms with Gasteiger partial charge in [0, 0.05) is 18.7 Å². The van der Waals surface area contributed by atoms with E-state index in [1.807, 2.05) is 25.3 Å². The molecule has 0 aliphatic carbocycles. The number of aromatic amines is 2. The third kappa shape index (κ3) is 1.59. The molecule has 0 bridgehead atoms. The van der Waals surface area contributed by atoms with Crippen molar-refractivity contribution in [2.24, 2.45) is 0 Å². The topological polar surface area (TPSA) is 61.5 Å². The molecule has 0 fully saturated rings. The van der Waals surface area contributed by atoms with Gasteiger partial charge in [0.15, 0.2) is 0 Å². The average molecular weight is 189 g/mol. The van der Waals surface area contributed by atoms with E-state index in [0.717, 1.165) is 12.1 Å². The Kier molecular flexibility index (Phi) is 2.18. The molecular weight excluding hydrogens is 178 g/mol. The van der Waals surface area contributed by atoms with Crippen LogP contribution in [-0.4, -0.2) is 15.0 Å². The van der Waals surface area contributed by atoms with Crippen LogP contribution in [0.2, 0.25) is 0 Å². The summed E-state index contributed by atoms with van der Waals surface area (Å²) in [6, 6.07) is 5.26. The van der Waals surface area contributed by atoms with E-state index < -0.39 is 0 Å². The summed E-state index contributed by atoms with van der Waals surface area (Å²) in [7, 11) is 0. The van der Waals surface area contributed by atoms with Crippen LogP contribution in [0.4, 0.5) is 0 Å². The monoisotopic (exact) mass is 189 g/mol. The third-order valence-electron chi connectivity index (χ3n) is 2.00. The highest BCUT2D eigenvalue weighted by Gasteiger charge is 2.02. The van der Waals surface area contributed by atoms with Crippen LogP contribution in [0.5, 0.6) is 0 Å². The first kappa shape index (κ1) is 8.74. The number of nitrogens with zero attached hydrogens (tertiary/aromatic N) is 1. The number of aromatic nitrogens is 3. The van der Waals surface area contributed by atoms with Gasteiger partial charge in [-0.2, -0.15) is 0 Å². The van der Waals surface area contributed by atoms with Crippen LogP contribution in [0, 0.1) is 0 Å². The molecule has 0 amide bonds. The van der Waals surface area contributed by atoms with E-state index in [4.69, 9.17) is 0 Å². The van der Waals surface area contributed by atoms with Gasteiger partial charge in [0.2, 0.25) is 0 Å². The maximum Gasteiger partial charge on any atom is 0.251 e. The molecule has 0 saturated heterocycles. The minimum atomic E-state index is -0.110. The molecular formula is C10H11N3O. The fraction of sp³-hybridized carbons (Fsp3) is 0.200. The van der Waals surface area contributed by atoms with Gasteiger partial charge in [-0.15, -0.1) is 0 Å². The van der Waals surface area contributed by atoms with Gasteiger partial charge in [0.1, 0.15) is 5.82 Å². The lowest BCUT2D eigenvalue weighted by molar-refractivity contribution is 0.922. The largest absolute Gasteiger partial charge is 0.360 e. The summed E-state index contributed by atoms with van der Waals surface area (Å²) in [5.41, 5.74) is 1.45. The molecule has 2 aromatic heterocycles. The predicted octanol–water partition coefficient (Wildman–Crippen LogP) is 1.33. The molecule has 4 nitrogen and oxygen atoms in total. The normalized spacial score (nSPS) is 10.4. The lowest BCUT2D eigenvalue weighted by Gasteiger charge is -1.99. The number of hydrogen-bond acceptors (Lipinski definition) is 2. The molecule has 0 aliphatic heterocycles. The quantitative estimate of drug-likeness (QED) is 0.748. The Hall–Kier alpha value is -1.84. The lowest BCUT2D eigenvalue weighted by atomic mass is 10.3. The average Bonchev–Trinajstić information content (AvgIpc) is 2.69. The number of aryl methyl sites for hydroxylation is 1. The van der Waals surface area contributed by atoms with E-state index in [1.54, 1.807) is 0 Å². The zero-order valence-corrected chi connectivity index (χ0v) is 7.87. The number of nitrogens with one attached hydrogen (secondary N) is 2. The summed E-state index contributed by atoms with van der Waals surface area (Å²) in [5.74, 6) is 0.710. The zero-order chi connectivity index (χ0) is 9.97. The van der Waals surface area contributed by atoms with Crippen LogP contribution in [0.3, 0.4) is 0 Å². The molecule has 0 atom stereocenters. The summed E-state index contributed by atoms with van der Waals surface area (Å²) in [5, 5.41) is 0. The van der Waals surface area contributed by atoms with Crippen LogP contribution in [0.25, 0.3) is 11.4 Å². The highest BCUT2D eigenvalue weighted by atomic mass is 16.1. The summed E-state index contributed by atoms with van der Waals surface area (Å²) < 4.78 is 0. The van der Waals surface area contributed by atoms with Crippen molar-refractivity contribution < 1.29 is 0 Å². The number of hydrogen-bond donors (Lipinski definition) is 2. The first-order chi connectivity index (χ1) is 6.79. The van der Waals surface area contributed by atoms with Crippen molar-refractivity contribution in [3.05, 3.63) is 40.6 Å². The molecule has 4 heteroatoms. The van der Waals surface area contributed by atoms with Gasteiger partial charge in [-0.1, -0.05) is 6.92 Å². The smallest absolute Gasteiger partial charge is 0.251 e. The van der Waals surface area contributed by atoms with Gasteiger partial charge in [-0.05, 0) is 12.1 Å². The van der Waals surface area contributed by atoms with Gasteiger partial charge in [-0.25, -0.2) is 4.98 Å². The van der Waals surface area contributed by atoms with Gasteiger partial charge < -0.3 is 9.97 Å². The first-order valence-corrected chi connectivity index (χ1v) is 4.53. The molecule has 2 rings (SSSR count). The lowest BCUT2D eigenvalue weighted by Crippen LogP contribution is -2.10. The fourth-order valence-corrected chi connectivity index (χ4v) is 1.30. The number of rotatable bonds is 2. The van der Waals surface area contributed by atoms with Crippen molar-refractivity contribution in [1.82, 2.24) is 15.0 Å². The summed E-state index contributed by atoms with van der Waals surface area (Å²) >= 11 is 0. The summed E-state index contributed by atoms with van der Waals surface area (Å²) in [6.07, 6.45) is 2.54. The van der Waals surface area contributed by atoms with E-state index >= 15 is 0 Å². The maximum atomic E-state index is 11.3. The molecule has 0 unspecified atom stereocenters. The van der Waals surface area contributed by atoms with Gasteiger partial charge in [0.25, 0.3) is 5.56 Å². The second kappa shape index (κ2) is 3.49. The van der Waals surface area contributed by atoms with Crippen molar-refractivity contribution >= 4 is 0 Å². The first-order valence-electron chi connectivity index (χ1n) is 4.53. The van der Waals surface area contributed by atoms with Crippen molar-refractivity contribution in [3.63, 3.8) is 0 Å². The van der Waals surface area contributed by atoms with Crippen molar-refractivity contribution in [1.29, 1.82) is 0 Å². The molecule has 72 valence electrons. The second-order valence-corrected chi connectivity index (χ2v) is 3.01. The molecule has 2 aromatic rings. The van der Waals surface area contributed by atoms with Crippen LogP contribution in [-0.2, 0) is 6.42 Å². The van der Waals surface area contributed by atoms with Crippen molar-refractivity contribution in [3.8, 4) is 11.4 Å². The van der Waals surface area contributed by atoms with Crippen LogP contribution in [0.15, 0.2) is 29.2 Å². The minimum Gasteiger partial charge on any atom is -0.360 e. The Labute approximate surface area is 81.0 Å². The third-order valence-corrected chi connectivity index (χ3v) is 2.00. The standard InChI is InChI=1S/C10H11N3O/c1-2-9-12-8(6-10(14)13-9)7-4-3-5-11-7/h3-6,11H,2H2,1H3,(H,12,13,14). The number of H-pyrrole nitrogens is 2. The van der Waals surface area contributed by atoms with Crippen LogP contribution < -0.4 is 5.56 Å². The van der Waals surface area contributed by atoms with Gasteiger partial charge >= 0.3 is 0 Å². The maximum absolute atomic E-state index is 11.3. The Balaban J connectivity index is 2.54. The van der Waals surface area contributed by atoms with E-state index in [9.17, 15) is 4.79 Å². The summed E-state index contributed by atoms with van der Waals surface area (Å²) in [6.45, 7) is 1.96. The molecule has 0 aromatic carbocycles. The Morgan fingerprint density at radius 2 is 2.36 bits per heavy atom. The highest BCUT2D eigenvalue weighted by molar-refractivity contribution is 5.53. The molecule has 2 heterocycles. The zero-order valence-electron chi connectivity index (χ0n) is 7.87. The van der Waals surface area contributed by atoms with Crippen molar-refractivity contribution in [2.45, 2.75) is 13.3 Å². The molecule has 0 saturated carbocycles. The Bertz CT molecular complexity index is 470. The molecule has 0 aliphatic rings. The molecule has 2 N–H and O–H groups in total. The fourth-order valence-electron chi connectivity index (χ4n) is 1.30. The minimum absolute atomic E-state index is 0.110. The Morgan fingerprint density at radius 1 is 1.50 bits per heavy atom. The second-order valence-electron chi connectivity index (χ2n) is 3.01. The van der Waals surface area contributed by atoms with Gasteiger partial charge in [-0.3, -0.25) is 4.79 Å². The van der Waals surface area contributed by atoms with E-state index in [2.05, 4.69) is 15.0 Å². The van der Waals surface area contributed by atoms with Crippen LogP contribution >= 0.6 is 0 Å². The van der Waals surface area contributed by atoms with E-state index in [-0.39, 0.29) is 5.56 Å². The highest BCUT2D eigenvalue weighted by Crippen LogP contribution is 2.11. The molecule has 0 radical (unpaired) electrons. The van der Waals surface area contributed by atoms with Crippen LogP contribution in [0.1, 0.15) is 12.7 Å². The van der Waals surface area contributed by atoms with E-state index in [1.165, 1.54) is 6.07 Å². The van der Waals surface area contributed by atoms with E-state index in [0.29, 0.717) is 11.5 Å². The van der Waals surface area contributed by atoms with Crippen molar-refractivity contribution in [2.75, 3.05) is 0 Å².